The SMILES string of the molecule is CC(=O)N1C[C@@H](F)[C@@H](NC(=O)c2c(C)[nH]c3c(-c4cc(C)ccc4OCC4CC4)ncnc23)C1. The molecule has 8 nitrogen and oxygen atoms in total. The Bertz CT molecular complexity index is 1270. The lowest BCUT2D eigenvalue weighted by atomic mass is 10.1. The molecule has 2 aromatic heterocycles. The van der Waals surface area contributed by atoms with Gasteiger partial charge >= 0.3 is 0 Å². The van der Waals surface area contributed by atoms with Crippen LogP contribution in [0.25, 0.3) is 22.3 Å². The van der Waals surface area contributed by atoms with Gasteiger partial charge in [-0.1, -0.05) is 11.6 Å². The first-order valence-electron chi connectivity index (χ1n) is 11.6. The Balaban J connectivity index is 1.48. The molecular formula is C25H28FN5O3. The van der Waals surface area contributed by atoms with E-state index >= 15 is 0 Å². The van der Waals surface area contributed by atoms with Gasteiger partial charge in [0.05, 0.1) is 30.3 Å². The van der Waals surface area contributed by atoms with Gasteiger partial charge in [-0.25, -0.2) is 14.4 Å². The van der Waals surface area contributed by atoms with Crippen molar-refractivity contribution in [3.05, 3.63) is 41.3 Å². The predicted molar refractivity (Wildman–Crippen MR) is 125 cm³/mol. The number of hydrogen-bond acceptors (Lipinski definition) is 5. The highest BCUT2D eigenvalue weighted by Crippen LogP contribution is 2.37. The molecule has 0 bridgehead atoms. The molecule has 3 heterocycles. The van der Waals surface area contributed by atoms with Gasteiger partial charge in [0.1, 0.15) is 29.5 Å². The van der Waals surface area contributed by atoms with E-state index in [-0.39, 0.29) is 19.0 Å². The Hall–Kier alpha value is -3.49. The van der Waals surface area contributed by atoms with E-state index in [1.165, 1.54) is 31.0 Å². The zero-order chi connectivity index (χ0) is 24.0. The molecule has 2 atom stereocenters. The van der Waals surface area contributed by atoms with Crippen molar-refractivity contribution in [2.45, 2.75) is 45.8 Å². The summed E-state index contributed by atoms with van der Waals surface area (Å²) in [6, 6.07) is 5.21. The van der Waals surface area contributed by atoms with Crippen LogP contribution in [0.4, 0.5) is 4.39 Å². The highest BCUT2D eigenvalue weighted by atomic mass is 19.1. The minimum atomic E-state index is -1.32. The van der Waals surface area contributed by atoms with Crippen molar-refractivity contribution in [3.63, 3.8) is 0 Å². The smallest absolute Gasteiger partial charge is 0.255 e. The molecule has 5 rings (SSSR count). The standard InChI is InChI=1S/C25H28FN5O3/c1-13-4-7-20(34-11-16-5-6-16)17(8-13)22-24-23(28-12-27-22)21(14(2)29-24)25(33)30-19-10-31(15(3)32)9-18(19)26/h4,7-8,12,16,18-19,29H,5-6,9-11H2,1-3H3,(H,30,33)/t18-,19+/m1/s1. The molecule has 2 N–H and O–H groups in total. The van der Waals surface area contributed by atoms with E-state index in [0.717, 1.165) is 16.9 Å². The number of nitrogens with zero attached hydrogens (tertiary/aromatic N) is 3. The maximum atomic E-state index is 14.5. The summed E-state index contributed by atoms with van der Waals surface area (Å²) in [4.78, 5) is 38.4. The van der Waals surface area contributed by atoms with Gasteiger partial charge in [-0.3, -0.25) is 9.59 Å². The van der Waals surface area contributed by atoms with Crippen LogP contribution in [0.15, 0.2) is 24.5 Å². The number of H-pyrrole nitrogens is 1. The molecular weight excluding hydrogens is 437 g/mol. The van der Waals surface area contributed by atoms with Gasteiger partial charge in [-0.2, -0.15) is 0 Å². The average Bonchev–Trinajstić information content (AvgIpc) is 3.46. The molecule has 34 heavy (non-hydrogen) atoms. The van der Waals surface area contributed by atoms with Crippen LogP contribution in [-0.2, 0) is 4.79 Å². The van der Waals surface area contributed by atoms with Gasteiger partial charge in [0.25, 0.3) is 5.91 Å². The van der Waals surface area contributed by atoms with Crippen molar-refractivity contribution in [1.82, 2.24) is 25.2 Å². The zero-order valence-corrected chi connectivity index (χ0v) is 19.5. The summed E-state index contributed by atoms with van der Waals surface area (Å²) >= 11 is 0. The van der Waals surface area contributed by atoms with Crippen molar-refractivity contribution < 1.29 is 18.7 Å². The van der Waals surface area contributed by atoms with E-state index in [1.807, 2.05) is 25.1 Å². The van der Waals surface area contributed by atoms with Crippen molar-refractivity contribution >= 4 is 22.8 Å². The molecule has 178 valence electrons. The number of alkyl halides is 1. The molecule has 2 fully saturated rings. The van der Waals surface area contributed by atoms with Crippen LogP contribution in [0.1, 0.15) is 41.4 Å². The fourth-order valence-corrected chi connectivity index (χ4v) is 4.45. The molecule has 1 saturated carbocycles. The fraction of sp³-hybridized carbons (Fsp3) is 0.440. The van der Waals surface area contributed by atoms with Crippen LogP contribution in [0, 0.1) is 19.8 Å². The third kappa shape index (κ3) is 4.22. The average molecular weight is 466 g/mol. The monoisotopic (exact) mass is 465 g/mol. The van der Waals surface area contributed by atoms with Gasteiger partial charge in [-0.15, -0.1) is 0 Å². The number of amides is 2. The van der Waals surface area contributed by atoms with E-state index in [1.54, 1.807) is 6.92 Å². The number of carbonyl (C=O) groups is 2. The van der Waals surface area contributed by atoms with Crippen molar-refractivity contribution in [1.29, 1.82) is 0 Å². The molecule has 1 saturated heterocycles. The Kier molecular flexibility index (Phi) is 5.71. The Morgan fingerprint density at radius 1 is 1.24 bits per heavy atom. The van der Waals surface area contributed by atoms with E-state index in [0.29, 0.717) is 40.5 Å². The zero-order valence-electron chi connectivity index (χ0n) is 19.5. The van der Waals surface area contributed by atoms with E-state index < -0.39 is 18.1 Å². The van der Waals surface area contributed by atoms with E-state index in [9.17, 15) is 14.0 Å². The lowest BCUT2D eigenvalue weighted by molar-refractivity contribution is -0.128. The number of nitrogens with one attached hydrogen (secondary N) is 2. The Labute approximate surface area is 196 Å². The summed E-state index contributed by atoms with van der Waals surface area (Å²) in [6.07, 6.45) is 2.50. The van der Waals surface area contributed by atoms with Crippen molar-refractivity contribution in [2.24, 2.45) is 5.92 Å². The molecule has 0 unspecified atom stereocenters. The largest absolute Gasteiger partial charge is 0.493 e. The maximum Gasteiger partial charge on any atom is 0.255 e. The topological polar surface area (TPSA) is 100 Å². The summed E-state index contributed by atoms with van der Waals surface area (Å²) in [7, 11) is 0. The Morgan fingerprint density at radius 2 is 2.03 bits per heavy atom. The summed E-state index contributed by atoms with van der Waals surface area (Å²) in [5.41, 5.74) is 4.59. The van der Waals surface area contributed by atoms with Crippen LogP contribution in [-0.4, -0.2) is 63.6 Å². The van der Waals surface area contributed by atoms with Gasteiger partial charge in [0.15, 0.2) is 0 Å². The van der Waals surface area contributed by atoms with Gasteiger partial charge < -0.3 is 19.9 Å². The molecule has 9 heteroatoms. The molecule has 3 aromatic rings. The number of carbonyl (C=O) groups excluding carboxylic acids is 2. The first-order chi connectivity index (χ1) is 16.3. The van der Waals surface area contributed by atoms with Crippen LogP contribution < -0.4 is 10.1 Å². The molecule has 2 amide bonds. The minimum absolute atomic E-state index is 0.0174. The third-order valence-corrected chi connectivity index (χ3v) is 6.57. The number of benzene rings is 1. The van der Waals surface area contributed by atoms with Crippen molar-refractivity contribution in [3.8, 4) is 17.0 Å². The number of ether oxygens (including phenoxy) is 1. The maximum absolute atomic E-state index is 14.5. The number of likely N-dealkylation sites (tertiary alicyclic amines) is 1. The number of aromatic nitrogens is 3. The van der Waals surface area contributed by atoms with Crippen molar-refractivity contribution in [2.75, 3.05) is 19.7 Å². The van der Waals surface area contributed by atoms with Gasteiger partial charge in [0, 0.05) is 24.7 Å². The second-order valence-corrected chi connectivity index (χ2v) is 9.34. The molecule has 2 aliphatic rings. The van der Waals surface area contributed by atoms with Gasteiger partial charge in [-0.05, 0) is 44.7 Å². The summed E-state index contributed by atoms with van der Waals surface area (Å²) < 4.78 is 20.6. The van der Waals surface area contributed by atoms with Crippen LogP contribution in [0.3, 0.4) is 0 Å². The van der Waals surface area contributed by atoms with E-state index in [4.69, 9.17) is 4.74 Å². The molecule has 1 aromatic carbocycles. The fourth-order valence-electron chi connectivity index (χ4n) is 4.45. The highest BCUT2D eigenvalue weighted by Gasteiger charge is 2.36. The second-order valence-electron chi connectivity index (χ2n) is 9.34. The number of aromatic amines is 1. The lowest BCUT2D eigenvalue weighted by Gasteiger charge is -2.15. The molecule has 1 aliphatic heterocycles. The first-order valence-corrected chi connectivity index (χ1v) is 11.6. The summed E-state index contributed by atoms with van der Waals surface area (Å²) in [5.74, 6) is 0.710. The molecule has 1 aliphatic carbocycles. The van der Waals surface area contributed by atoms with Crippen LogP contribution in [0.5, 0.6) is 5.75 Å². The van der Waals surface area contributed by atoms with Gasteiger partial charge in [0.2, 0.25) is 5.91 Å². The third-order valence-electron chi connectivity index (χ3n) is 6.57. The molecule has 0 radical (unpaired) electrons. The van der Waals surface area contributed by atoms with Crippen LogP contribution in [0.2, 0.25) is 0 Å². The number of halogens is 1. The number of rotatable bonds is 6. The predicted octanol–water partition coefficient (Wildman–Crippen LogP) is 3.33. The lowest BCUT2D eigenvalue weighted by Crippen LogP contribution is -2.41. The number of hydrogen-bond donors (Lipinski definition) is 2. The normalized spacial score (nSPS) is 20.1. The Morgan fingerprint density at radius 3 is 2.74 bits per heavy atom. The minimum Gasteiger partial charge on any atom is -0.493 e. The summed E-state index contributed by atoms with van der Waals surface area (Å²) in [6.45, 7) is 5.98. The summed E-state index contributed by atoms with van der Waals surface area (Å²) in [5, 5.41) is 2.76. The van der Waals surface area contributed by atoms with E-state index in [2.05, 4.69) is 20.3 Å². The second kappa shape index (κ2) is 8.70. The molecule has 0 spiro atoms. The number of aryl methyl sites for hydroxylation is 2. The van der Waals surface area contributed by atoms with Crippen LogP contribution >= 0.6 is 0 Å². The number of fused-ring (bicyclic) bond motifs is 1. The quantitative estimate of drug-likeness (QED) is 0.582. The first kappa shape index (κ1) is 22.3. The highest BCUT2D eigenvalue weighted by molar-refractivity contribution is 6.09.